The highest BCUT2D eigenvalue weighted by atomic mass is 16.5. The molecule has 0 aliphatic rings. The van der Waals surface area contributed by atoms with Gasteiger partial charge >= 0.3 is 11.9 Å². The van der Waals surface area contributed by atoms with Gasteiger partial charge in [-0.3, -0.25) is 0 Å². The lowest BCUT2D eigenvalue weighted by molar-refractivity contribution is 0.0517. The Labute approximate surface area is 221 Å². The fraction of sp³-hybridized carbons (Fsp3) is 0.121. The maximum atomic E-state index is 12.3. The molecule has 0 radical (unpaired) electrons. The fourth-order valence-electron chi connectivity index (χ4n) is 4.55. The van der Waals surface area contributed by atoms with E-state index in [1.165, 1.54) is 0 Å². The van der Waals surface area contributed by atoms with Gasteiger partial charge < -0.3 is 9.47 Å². The number of benzene rings is 4. The van der Waals surface area contributed by atoms with Crippen molar-refractivity contribution in [2.45, 2.75) is 13.8 Å². The van der Waals surface area contributed by atoms with Crippen LogP contribution < -0.4 is 0 Å². The first-order valence-corrected chi connectivity index (χ1v) is 12.6. The highest BCUT2D eigenvalue weighted by Crippen LogP contribution is 2.41. The van der Waals surface area contributed by atoms with Crippen LogP contribution in [-0.4, -0.2) is 30.1 Å². The molecule has 5 heteroatoms. The van der Waals surface area contributed by atoms with E-state index in [-0.39, 0.29) is 11.9 Å². The second-order valence-corrected chi connectivity index (χ2v) is 8.69. The number of esters is 2. The summed E-state index contributed by atoms with van der Waals surface area (Å²) in [7, 11) is 0. The van der Waals surface area contributed by atoms with Crippen LogP contribution >= 0.6 is 0 Å². The molecule has 0 bridgehead atoms. The van der Waals surface area contributed by atoms with Crippen molar-refractivity contribution in [1.82, 2.24) is 4.98 Å². The normalized spacial score (nSPS) is 10.8. The summed E-state index contributed by atoms with van der Waals surface area (Å²) >= 11 is 0. The molecule has 0 unspecified atom stereocenters. The van der Waals surface area contributed by atoms with E-state index in [4.69, 9.17) is 14.5 Å². The number of carbonyl (C=O) groups excluding carboxylic acids is 2. The van der Waals surface area contributed by atoms with Crippen LogP contribution in [0.1, 0.15) is 34.6 Å². The van der Waals surface area contributed by atoms with Crippen molar-refractivity contribution in [3.8, 4) is 33.6 Å². The van der Waals surface area contributed by atoms with Crippen LogP contribution in [0.25, 0.3) is 44.4 Å². The number of hydrogen-bond acceptors (Lipinski definition) is 5. The van der Waals surface area contributed by atoms with Gasteiger partial charge in [-0.05, 0) is 49.1 Å². The summed E-state index contributed by atoms with van der Waals surface area (Å²) < 4.78 is 10.3. The van der Waals surface area contributed by atoms with Crippen LogP contribution in [0.3, 0.4) is 0 Å². The third-order valence-corrected chi connectivity index (χ3v) is 6.31. The van der Waals surface area contributed by atoms with Crippen molar-refractivity contribution >= 4 is 22.7 Å². The minimum absolute atomic E-state index is 0.319. The largest absolute Gasteiger partial charge is 0.462 e. The average molecular weight is 502 g/mol. The zero-order valence-corrected chi connectivity index (χ0v) is 21.3. The molecule has 0 aliphatic heterocycles. The summed E-state index contributed by atoms with van der Waals surface area (Å²) in [4.78, 5) is 29.7. The van der Waals surface area contributed by atoms with Crippen molar-refractivity contribution in [3.05, 3.63) is 114 Å². The first kappa shape index (κ1) is 24.9. The number of aromatic nitrogens is 1. The maximum absolute atomic E-state index is 12.3. The molecular formula is C33H27NO4. The Bertz CT molecular complexity index is 1590. The monoisotopic (exact) mass is 501 g/mol. The molecule has 188 valence electrons. The summed E-state index contributed by atoms with van der Waals surface area (Å²) in [5, 5.41) is 2.06. The fourth-order valence-corrected chi connectivity index (χ4v) is 4.55. The zero-order chi connectivity index (χ0) is 26.5. The van der Waals surface area contributed by atoms with E-state index in [0.29, 0.717) is 24.3 Å². The van der Waals surface area contributed by atoms with Crippen LogP contribution in [0.5, 0.6) is 0 Å². The summed E-state index contributed by atoms with van der Waals surface area (Å²) in [5.74, 6) is -0.707. The van der Waals surface area contributed by atoms with Crippen LogP contribution in [0.4, 0.5) is 0 Å². The van der Waals surface area contributed by atoms with Gasteiger partial charge in [0.15, 0.2) is 0 Å². The van der Waals surface area contributed by atoms with Gasteiger partial charge in [0.25, 0.3) is 0 Å². The molecule has 0 N–H and O–H groups in total. The number of rotatable bonds is 7. The minimum Gasteiger partial charge on any atom is -0.462 e. The Hall–Kier alpha value is -4.77. The second kappa shape index (κ2) is 11.1. The predicted octanol–water partition coefficient (Wildman–Crippen LogP) is 7.59. The van der Waals surface area contributed by atoms with E-state index in [0.717, 1.165) is 44.4 Å². The Balaban J connectivity index is 1.74. The molecule has 1 aromatic heterocycles. The van der Waals surface area contributed by atoms with E-state index in [1.807, 2.05) is 54.6 Å². The molecule has 5 rings (SSSR count). The first-order valence-electron chi connectivity index (χ1n) is 12.6. The van der Waals surface area contributed by atoms with E-state index >= 15 is 0 Å². The van der Waals surface area contributed by atoms with Crippen LogP contribution in [-0.2, 0) is 9.47 Å². The van der Waals surface area contributed by atoms with Gasteiger partial charge in [-0.2, -0.15) is 0 Å². The SMILES string of the molecule is CCOC(=O)c1ccc(-c2nc(-c3ccccc3)c3ccccc3c2-c2ccc(C(=O)OCC)cc2)cc1. The van der Waals surface area contributed by atoms with Gasteiger partial charge in [0.05, 0.1) is 35.7 Å². The number of ether oxygens (including phenoxy) is 2. The number of nitrogens with zero attached hydrogens (tertiary/aromatic N) is 1. The van der Waals surface area contributed by atoms with Gasteiger partial charge in [-0.1, -0.05) is 78.9 Å². The van der Waals surface area contributed by atoms with E-state index in [2.05, 4.69) is 24.3 Å². The lowest BCUT2D eigenvalue weighted by atomic mass is 9.91. The van der Waals surface area contributed by atoms with Gasteiger partial charge in [0.2, 0.25) is 0 Å². The highest BCUT2D eigenvalue weighted by molar-refractivity contribution is 6.08. The Morgan fingerprint density at radius 3 is 1.58 bits per heavy atom. The molecule has 4 aromatic carbocycles. The van der Waals surface area contributed by atoms with Crippen molar-refractivity contribution in [3.63, 3.8) is 0 Å². The van der Waals surface area contributed by atoms with Crippen LogP contribution in [0, 0.1) is 0 Å². The molecule has 0 atom stereocenters. The molecule has 0 fully saturated rings. The highest BCUT2D eigenvalue weighted by Gasteiger charge is 2.19. The smallest absolute Gasteiger partial charge is 0.338 e. The molecule has 5 aromatic rings. The first-order chi connectivity index (χ1) is 18.6. The zero-order valence-electron chi connectivity index (χ0n) is 21.3. The molecule has 0 amide bonds. The maximum Gasteiger partial charge on any atom is 0.338 e. The average Bonchev–Trinajstić information content (AvgIpc) is 2.97. The van der Waals surface area contributed by atoms with Crippen LogP contribution in [0.2, 0.25) is 0 Å². The number of fused-ring (bicyclic) bond motifs is 1. The molecule has 5 nitrogen and oxygen atoms in total. The quantitative estimate of drug-likeness (QED) is 0.215. The summed E-state index contributed by atoms with van der Waals surface area (Å²) in [6, 6.07) is 33.0. The summed E-state index contributed by atoms with van der Waals surface area (Å²) in [6.07, 6.45) is 0. The summed E-state index contributed by atoms with van der Waals surface area (Å²) in [5.41, 5.74) is 6.38. The standard InChI is InChI=1S/C33H27NO4/c1-3-37-32(35)25-18-14-22(15-19-25)29-27-12-8-9-13-28(27)30(23-10-6-5-7-11-23)34-31(29)24-16-20-26(21-17-24)33(36)38-4-2/h5-21H,3-4H2,1-2H3. The molecule has 0 saturated carbocycles. The number of hydrogen-bond donors (Lipinski definition) is 0. The Morgan fingerprint density at radius 1 is 0.553 bits per heavy atom. The topological polar surface area (TPSA) is 65.5 Å². The van der Waals surface area contributed by atoms with E-state index < -0.39 is 0 Å². The van der Waals surface area contributed by atoms with Gasteiger partial charge in [-0.25, -0.2) is 14.6 Å². The third kappa shape index (κ3) is 4.91. The van der Waals surface area contributed by atoms with Crippen molar-refractivity contribution in [2.24, 2.45) is 0 Å². The molecule has 38 heavy (non-hydrogen) atoms. The Morgan fingerprint density at radius 2 is 1.03 bits per heavy atom. The van der Waals surface area contributed by atoms with E-state index in [1.54, 1.807) is 38.1 Å². The van der Waals surface area contributed by atoms with Crippen molar-refractivity contribution in [1.29, 1.82) is 0 Å². The van der Waals surface area contributed by atoms with E-state index in [9.17, 15) is 9.59 Å². The molecule has 0 spiro atoms. The molecule has 0 saturated heterocycles. The third-order valence-electron chi connectivity index (χ3n) is 6.31. The van der Waals surface area contributed by atoms with Gasteiger partial charge in [-0.15, -0.1) is 0 Å². The molecule has 1 heterocycles. The molecular weight excluding hydrogens is 474 g/mol. The summed E-state index contributed by atoms with van der Waals surface area (Å²) in [6.45, 7) is 4.22. The second-order valence-electron chi connectivity index (χ2n) is 8.69. The van der Waals surface area contributed by atoms with Gasteiger partial charge in [0.1, 0.15) is 0 Å². The molecule has 0 aliphatic carbocycles. The minimum atomic E-state index is -0.356. The van der Waals surface area contributed by atoms with Gasteiger partial charge in [0, 0.05) is 22.1 Å². The predicted molar refractivity (Wildman–Crippen MR) is 150 cm³/mol. The van der Waals surface area contributed by atoms with Crippen molar-refractivity contribution in [2.75, 3.05) is 13.2 Å². The lowest BCUT2D eigenvalue weighted by Gasteiger charge is -2.17. The van der Waals surface area contributed by atoms with Crippen LogP contribution in [0.15, 0.2) is 103 Å². The van der Waals surface area contributed by atoms with Crippen molar-refractivity contribution < 1.29 is 19.1 Å². The number of carbonyl (C=O) groups is 2. The Kier molecular flexibility index (Phi) is 7.27. The lowest BCUT2D eigenvalue weighted by Crippen LogP contribution is -2.04. The number of pyridine rings is 1.